The molecule has 0 spiro atoms. The number of amides is 16. The van der Waals surface area contributed by atoms with Gasteiger partial charge in [0.05, 0.1) is 25.2 Å². The second-order valence-corrected chi connectivity index (χ2v) is 35.8. The molecule has 139 heavy (non-hydrogen) atoms. The molecule has 0 aliphatic carbocycles. The van der Waals surface area contributed by atoms with Crippen molar-refractivity contribution in [2.45, 2.75) is 234 Å². The molecule has 3 aromatic heterocycles. The van der Waals surface area contributed by atoms with Crippen molar-refractivity contribution < 1.29 is 107 Å². The number of phenols is 1. The minimum Gasteiger partial charge on any atom is -0.508 e. The summed E-state index contributed by atoms with van der Waals surface area (Å²) < 4.78 is 1.40. The van der Waals surface area contributed by atoms with E-state index in [4.69, 9.17) is 22.6 Å². The zero-order valence-electron chi connectivity index (χ0n) is 78.5. The van der Waals surface area contributed by atoms with Gasteiger partial charge in [-0.1, -0.05) is 88.1 Å². The third-order valence-electron chi connectivity index (χ3n) is 24.8. The molecule has 14 atom stereocenters. The van der Waals surface area contributed by atoms with E-state index in [2.05, 4.69) is 73.4 Å². The zero-order valence-corrected chi connectivity index (χ0v) is 79.3. The van der Waals surface area contributed by atoms with E-state index in [0.717, 1.165) is 31.4 Å². The van der Waals surface area contributed by atoms with Crippen LogP contribution in [0.2, 0.25) is 0 Å². The first kappa shape index (κ1) is 108. The minimum atomic E-state index is -1.97. The fourth-order valence-electron chi connectivity index (χ4n) is 17.1. The van der Waals surface area contributed by atoms with E-state index in [0.29, 0.717) is 51.3 Å². The van der Waals surface area contributed by atoms with Gasteiger partial charge < -0.3 is 135 Å². The Bertz CT molecular complexity index is 5380. The number of carboxylic acids is 2. The normalized spacial score (nSPS) is 23.8. The summed E-state index contributed by atoms with van der Waals surface area (Å²) in [5.74, 6) is -19.4. The highest BCUT2D eigenvalue weighted by Crippen LogP contribution is 2.29. The maximum atomic E-state index is 15.9. The molecule has 3 aromatic carbocycles. The molecule has 3 fully saturated rings. The smallest absolute Gasteiger partial charge is 0.323 e. The summed E-state index contributed by atoms with van der Waals surface area (Å²) in [5.41, 5.74) is 19.6. The Labute approximate surface area is 805 Å². The number of guanidine groups is 1. The number of nitrogens with zero attached hydrogens (tertiary/aromatic N) is 7. The van der Waals surface area contributed by atoms with Gasteiger partial charge in [-0.05, 0) is 119 Å². The number of nitrogens with two attached hydrogens (primary N) is 3. The van der Waals surface area contributed by atoms with Crippen LogP contribution in [0.3, 0.4) is 0 Å². The molecule has 47 heteroatoms. The van der Waals surface area contributed by atoms with E-state index >= 15 is 43.2 Å². The molecule has 6 aromatic rings. The zero-order chi connectivity index (χ0) is 101. The van der Waals surface area contributed by atoms with Crippen LogP contribution in [0.1, 0.15) is 139 Å². The summed E-state index contributed by atoms with van der Waals surface area (Å²) in [7, 11) is 3.85. The topological polar surface area (TPSA) is 688 Å². The van der Waals surface area contributed by atoms with Gasteiger partial charge in [-0.15, -0.1) is 11.8 Å². The maximum absolute atomic E-state index is 15.9. The molecule has 0 bridgehead atoms. The average molecular weight is 1950 g/mol. The number of fused-ring (bicyclic) bond motifs is 4. The van der Waals surface area contributed by atoms with Crippen molar-refractivity contribution in [2.24, 2.45) is 17.2 Å². The number of aromatic hydroxyl groups is 1. The van der Waals surface area contributed by atoms with Gasteiger partial charge in [-0.3, -0.25) is 91.7 Å². The molecular weight excluding hydrogens is 1830 g/mol. The number of carboxylic acid groups (broad SMARTS) is 2. The number of rotatable bonds is 29. The second kappa shape index (κ2) is 52.3. The van der Waals surface area contributed by atoms with Crippen molar-refractivity contribution in [3.05, 3.63) is 120 Å². The van der Waals surface area contributed by atoms with Gasteiger partial charge in [0, 0.05) is 125 Å². The Morgan fingerprint density at radius 3 is 1.69 bits per heavy atom. The Morgan fingerprint density at radius 2 is 1.09 bits per heavy atom. The van der Waals surface area contributed by atoms with Gasteiger partial charge in [0.25, 0.3) is 0 Å². The Kier molecular flexibility index (Phi) is 40.8. The number of carbonyl (C=O) groups excluding carboxylic acids is 16. The summed E-state index contributed by atoms with van der Waals surface area (Å²) in [6.07, 6.45) is 4.23. The molecule has 9 rings (SSSR count). The highest BCUT2D eigenvalue weighted by Gasteiger charge is 2.46. The van der Waals surface area contributed by atoms with E-state index in [1.807, 2.05) is 13.8 Å². The number of carbonyl (C=O) groups is 18. The lowest BCUT2D eigenvalue weighted by Crippen LogP contribution is -2.61. The van der Waals surface area contributed by atoms with Crippen LogP contribution >= 0.6 is 11.8 Å². The Morgan fingerprint density at radius 1 is 0.540 bits per heavy atom. The average Bonchev–Trinajstić information content (AvgIpc) is 1.35. The Hall–Kier alpha value is -14.3. The van der Waals surface area contributed by atoms with Crippen LogP contribution in [-0.4, -0.2) is 333 Å². The molecule has 754 valence electrons. The number of aromatic nitrogens is 4. The predicted octanol–water partition coefficient (Wildman–Crippen LogP) is -3.05. The molecular formula is C92H128N24O22S. The quantitative estimate of drug-likeness (QED) is 0.0126. The first-order valence-corrected chi connectivity index (χ1v) is 47.5. The van der Waals surface area contributed by atoms with Gasteiger partial charge in [0.1, 0.15) is 96.9 Å². The molecule has 16 amide bonds. The van der Waals surface area contributed by atoms with E-state index in [1.54, 1.807) is 54.7 Å². The fourth-order valence-corrected chi connectivity index (χ4v) is 18.0. The number of benzene rings is 3. The number of aromatic amines is 2. The predicted molar refractivity (Wildman–Crippen MR) is 507 cm³/mol. The lowest BCUT2D eigenvalue weighted by Gasteiger charge is -2.36. The number of imidazole rings is 1. The molecule has 0 radical (unpaired) electrons. The van der Waals surface area contributed by atoms with Crippen LogP contribution in [0, 0.1) is 5.41 Å². The van der Waals surface area contributed by atoms with E-state index in [9.17, 15) is 63.6 Å². The van der Waals surface area contributed by atoms with Gasteiger partial charge in [-0.25, -0.2) is 4.98 Å². The Balaban J connectivity index is 1.11. The number of aliphatic hydroxyl groups is 1. The van der Waals surface area contributed by atoms with Gasteiger partial charge in [-0.2, -0.15) is 0 Å². The monoisotopic (exact) mass is 1950 g/mol. The number of primary amides is 1. The number of hydrogen-bond donors (Lipinski definition) is 21. The lowest BCUT2D eigenvalue weighted by atomic mass is 10.00. The van der Waals surface area contributed by atoms with Gasteiger partial charge in [0.15, 0.2) is 5.96 Å². The third kappa shape index (κ3) is 30.4. The van der Waals surface area contributed by atoms with Crippen LogP contribution in [0.15, 0.2) is 97.7 Å². The summed E-state index contributed by atoms with van der Waals surface area (Å²) in [5, 5.41) is 79.6. The van der Waals surface area contributed by atoms with Crippen molar-refractivity contribution in [1.29, 1.82) is 5.41 Å². The van der Waals surface area contributed by atoms with E-state index in [1.165, 1.54) is 80.5 Å². The summed E-state index contributed by atoms with van der Waals surface area (Å²) in [4.78, 5) is 278. The maximum Gasteiger partial charge on any atom is 0.323 e. The van der Waals surface area contributed by atoms with Crippen LogP contribution in [0.5, 0.6) is 5.75 Å². The number of nitrogens with one attached hydrogen (secondary N) is 14. The molecule has 46 nitrogen and oxygen atoms in total. The molecule has 3 saturated heterocycles. The summed E-state index contributed by atoms with van der Waals surface area (Å²) in [6, 6.07) is -2.89. The van der Waals surface area contributed by atoms with Crippen LogP contribution < -0.4 is 75.7 Å². The summed E-state index contributed by atoms with van der Waals surface area (Å²) in [6.45, 7) is 2.05. The number of H-pyrrole nitrogens is 2. The number of thioether (sulfide) groups is 1. The number of aliphatic hydroxyl groups excluding tert-OH is 1. The standard InChI is InChI=1S/C92H128N24O22S/c1-7-9-22-70-84(131)103-60(21-15-35-98-92(95)96)80(127)110-68(79(126)100-44-74(94)119)48-139-49-75(120)102-65(38-52-27-29-56(118)30-28-52)87(134)111(4)51(3)78(125)104-62(33-34-93)90(137)116-37-17-26-72(116)86(133)107-64(41-55-43-97-50-101-55)82(129)105-61(31-32-76(121)122)89(136)115-36-16-25-71(115)85(132)106-63(39-53-42-99-59-20-13-11-18-57(53)59)81(128)109-67(47-117)83(130)108-66(88(135)113(6)73(23-10-8-2)91(138)112(70)5)40-54-45-114(46-77(123)124)69-24-14-12-19-58(54)69/h11-14,18-20,24,27-30,42-43,45,50-51,60-68,70-73,99,117-118H,7-10,15-17,21-23,25-26,31-41,44,46-49,93H2,1-6H3,(H2,94,119)(H,97,101)(H,100,126)(H,102,120)(H,103,131)(H,104,125)(H,105,129)(H,106,132)(H,107,133)(H,108,130)(H,109,128)(H,110,127)(H,121,122)(H,123,124)(H4,95,96,98)/t51-,60-,61-,62-,63-,64-,65-,66-,67-,68-,70-,71-,72-,73-/m0/s1. The molecule has 3 aliphatic rings. The largest absolute Gasteiger partial charge is 0.508 e. The summed E-state index contributed by atoms with van der Waals surface area (Å²) >= 11 is 0.761. The van der Waals surface area contributed by atoms with Crippen LogP contribution in [0.4, 0.5) is 0 Å². The molecule has 0 saturated carbocycles. The first-order chi connectivity index (χ1) is 66.3. The van der Waals surface area contributed by atoms with Gasteiger partial charge in [0.2, 0.25) is 94.5 Å². The minimum absolute atomic E-state index is 0.0149. The number of hydrogen-bond acceptors (Lipinski definition) is 24. The highest BCUT2D eigenvalue weighted by molar-refractivity contribution is 8.00. The number of likely N-dealkylation sites (N-methyl/N-ethyl adjacent to an activating group) is 3. The van der Waals surface area contributed by atoms with Crippen molar-refractivity contribution >= 4 is 146 Å². The van der Waals surface area contributed by atoms with Crippen molar-refractivity contribution in [1.82, 2.24) is 103 Å². The van der Waals surface area contributed by atoms with Crippen molar-refractivity contribution in [3.8, 4) is 5.75 Å². The number of unbranched alkanes of at least 4 members (excludes halogenated alkanes) is 2. The van der Waals surface area contributed by atoms with Crippen LogP contribution in [0.25, 0.3) is 21.8 Å². The lowest BCUT2D eigenvalue weighted by molar-refractivity contribution is -0.149. The van der Waals surface area contributed by atoms with Crippen molar-refractivity contribution in [2.75, 3.05) is 72.0 Å². The number of para-hydroxylation sites is 2. The SMILES string of the molecule is CCCC[C@H]1C(=O)N(C)[C@@H](CCCC)C(=O)N[C@@H](CCCNC(=N)N)C(=O)N[C@H](C(=O)NCC(N)=O)CSCC(=O)N[C@@H](Cc2ccc(O)cc2)C(=O)N(C)[C@@H](C)C(=O)N[C@@H](CCN)C(=O)N2CCC[C@H]2C(=O)N[C@@H](Cc2cnc[nH]2)C(=O)N[C@@H](CCC(=O)O)C(=O)N2CCC[C@H]2C(=O)N[C@@H](Cc2c[nH]c3ccccc23)C(=O)N[C@@H](CO)C(=O)N[C@@H](Cc2cn(CC(=O)O)c3ccccc23)C(=O)N1C. The second-order valence-electron chi connectivity index (χ2n) is 34.8. The van der Waals surface area contributed by atoms with Crippen molar-refractivity contribution in [3.63, 3.8) is 0 Å². The van der Waals surface area contributed by atoms with Crippen LogP contribution in [-0.2, 0) is 119 Å². The van der Waals surface area contributed by atoms with E-state index < -0.39 is 247 Å². The molecule has 6 heterocycles. The number of phenolic OH excluding ortho intramolecular Hbond substituents is 1. The molecule has 24 N–H and O–H groups in total. The molecule has 3 aliphatic heterocycles. The first-order valence-electron chi connectivity index (χ1n) is 46.3. The van der Waals surface area contributed by atoms with Gasteiger partial charge >= 0.3 is 11.9 Å². The highest BCUT2D eigenvalue weighted by atomic mass is 32.2. The van der Waals surface area contributed by atoms with E-state index in [-0.39, 0.29) is 128 Å². The fraction of sp³-hybridized carbons (Fsp3) is 0.522. The number of aliphatic carboxylic acids is 2. The molecule has 0 unspecified atom stereocenters. The third-order valence-corrected chi connectivity index (χ3v) is 25.8.